The minimum Gasteiger partial charge on any atom is -0.491 e. The van der Waals surface area contributed by atoms with Crippen molar-refractivity contribution in [3.05, 3.63) is 24.3 Å². The lowest BCUT2D eigenvalue weighted by atomic mass is 10.2. The number of rotatable bonds is 8. The van der Waals surface area contributed by atoms with E-state index in [4.69, 9.17) is 22.1 Å². The number of anilines is 1. The number of carboxylic acids is 1. The van der Waals surface area contributed by atoms with E-state index in [2.05, 4.69) is 24.5 Å². The normalized spacial score (nSPS) is 11.5. The lowest BCUT2D eigenvalue weighted by Gasteiger charge is -2.14. The fourth-order valence-corrected chi connectivity index (χ4v) is 1.99. The zero-order chi connectivity index (χ0) is 15.7. The first-order chi connectivity index (χ1) is 10.0. The summed E-state index contributed by atoms with van der Waals surface area (Å²) in [6.45, 7) is 4.49. The van der Waals surface area contributed by atoms with E-state index in [0.29, 0.717) is 11.7 Å². The number of aliphatic carboxylic acids is 1. The average molecular weight is 310 g/mol. The standard InChI is InChI=1S/C15H22N2O3S/c1-3-4-11(2)20-13-7-5-12(6-8-13)17-15(21)16-10-9-14(18)19/h5-8,11H,3-4,9-10H2,1-2H3,(H,18,19)(H2,16,17,21)/t11-/m1/s1. The van der Waals surface area contributed by atoms with E-state index in [0.717, 1.165) is 24.3 Å². The number of benzene rings is 1. The largest absolute Gasteiger partial charge is 0.491 e. The Labute approximate surface area is 130 Å². The van der Waals surface area contributed by atoms with Gasteiger partial charge in [-0.15, -0.1) is 0 Å². The highest BCUT2D eigenvalue weighted by atomic mass is 32.1. The van der Waals surface area contributed by atoms with Crippen molar-refractivity contribution in [3.63, 3.8) is 0 Å². The SMILES string of the molecule is CCC[C@@H](C)Oc1ccc(NC(=S)NCCC(=O)O)cc1. The summed E-state index contributed by atoms with van der Waals surface area (Å²) in [5.74, 6) is -0.0285. The minimum absolute atomic E-state index is 0.0317. The Morgan fingerprint density at radius 3 is 2.62 bits per heavy atom. The molecule has 21 heavy (non-hydrogen) atoms. The monoisotopic (exact) mass is 310 g/mol. The van der Waals surface area contributed by atoms with Crippen LogP contribution in [0.15, 0.2) is 24.3 Å². The Morgan fingerprint density at radius 2 is 2.05 bits per heavy atom. The molecule has 0 radical (unpaired) electrons. The van der Waals surface area contributed by atoms with Crippen molar-refractivity contribution in [1.29, 1.82) is 0 Å². The molecule has 0 amide bonds. The number of ether oxygens (including phenoxy) is 1. The summed E-state index contributed by atoms with van der Waals surface area (Å²) in [6.07, 6.45) is 2.35. The summed E-state index contributed by atoms with van der Waals surface area (Å²) < 4.78 is 5.76. The highest BCUT2D eigenvalue weighted by molar-refractivity contribution is 7.80. The van der Waals surface area contributed by atoms with E-state index in [1.165, 1.54) is 0 Å². The van der Waals surface area contributed by atoms with Gasteiger partial charge in [-0.3, -0.25) is 4.79 Å². The summed E-state index contributed by atoms with van der Waals surface area (Å²) in [6, 6.07) is 7.51. The second-order valence-electron chi connectivity index (χ2n) is 4.77. The van der Waals surface area contributed by atoms with Gasteiger partial charge in [-0.1, -0.05) is 13.3 Å². The summed E-state index contributed by atoms with van der Waals surface area (Å²) in [5.41, 5.74) is 0.832. The van der Waals surface area contributed by atoms with Crippen molar-refractivity contribution >= 4 is 29.0 Å². The number of carbonyl (C=O) groups is 1. The highest BCUT2D eigenvalue weighted by Gasteiger charge is 2.03. The van der Waals surface area contributed by atoms with Gasteiger partial charge in [0.25, 0.3) is 0 Å². The molecule has 0 heterocycles. The van der Waals surface area contributed by atoms with E-state index in [1.807, 2.05) is 24.3 Å². The van der Waals surface area contributed by atoms with Gasteiger partial charge in [-0.2, -0.15) is 0 Å². The van der Waals surface area contributed by atoms with Gasteiger partial charge in [0.1, 0.15) is 5.75 Å². The molecule has 0 fully saturated rings. The average Bonchev–Trinajstić information content (AvgIpc) is 2.41. The van der Waals surface area contributed by atoms with Gasteiger partial charge >= 0.3 is 5.97 Å². The van der Waals surface area contributed by atoms with Crippen LogP contribution in [0, 0.1) is 0 Å². The highest BCUT2D eigenvalue weighted by Crippen LogP contribution is 2.18. The third-order valence-corrected chi connectivity index (χ3v) is 3.02. The van der Waals surface area contributed by atoms with Crippen molar-refractivity contribution in [2.24, 2.45) is 0 Å². The molecule has 5 nitrogen and oxygen atoms in total. The molecule has 0 unspecified atom stereocenters. The summed E-state index contributed by atoms with van der Waals surface area (Å²) >= 11 is 5.08. The molecule has 3 N–H and O–H groups in total. The van der Waals surface area contributed by atoms with E-state index in [1.54, 1.807) is 0 Å². The Balaban J connectivity index is 2.39. The van der Waals surface area contributed by atoms with Crippen LogP contribution in [0.5, 0.6) is 5.75 Å². The number of hydrogen-bond acceptors (Lipinski definition) is 3. The number of carboxylic acid groups (broad SMARTS) is 1. The molecular formula is C15H22N2O3S. The van der Waals surface area contributed by atoms with Gasteiger partial charge in [0.15, 0.2) is 5.11 Å². The molecule has 1 atom stereocenters. The summed E-state index contributed by atoms with van der Waals surface area (Å²) in [5, 5.41) is 14.8. The van der Waals surface area contributed by atoms with Crippen LogP contribution in [0.2, 0.25) is 0 Å². The van der Waals surface area contributed by atoms with Crippen LogP contribution in [-0.2, 0) is 4.79 Å². The van der Waals surface area contributed by atoms with E-state index >= 15 is 0 Å². The van der Waals surface area contributed by atoms with Crippen LogP contribution in [0.1, 0.15) is 33.1 Å². The molecule has 0 bridgehead atoms. The van der Waals surface area contributed by atoms with Crippen LogP contribution in [0.25, 0.3) is 0 Å². The lowest BCUT2D eigenvalue weighted by molar-refractivity contribution is -0.136. The van der Waals surface area contributed by atoms with Crippen LogP contribution in [0.3, 0.4) is 0 Å². The minimum atomic E-state index is -0.854. The third-order valence-electron chi connectivity index (χ3n) is 2.77. The maximum atomic E-state index is 10.4. The fraction of sp³-hybridized carbons (Fsp3) is 0.467. The Morgan fingerprint density at radius 1 is 1.38 bits per heavy atom. The van der Waals surface area contributed by atoms with E-state index in [-0.39, 0.29) is 12.5 Å². The molecule has 0 aromatic heterocycles. The predicted molar refractivity (Wildman–Crippen MR) is 87.9 cm³/mol. The van der Waals surface area contributed by atoms with Gasteiger partial charge in [0.2, 0.25) is 0 Å². The van der Waals surface area contributed by atoms with E-state index in [9.17, 15) is 4.79 Å². The van der Waals surface area contributed by atoms with Gasteiger partial charge < -0.3 is 20.5 Å². The van der Waals surface area contributed by atoms with Crippen LogP contribution < -0.4 is 15.4 Å². The Hall–Kier alpha value is -1.82. The third kappa shape index (κ3) is 7.51. The number of nitrogens with one attached hydrogen (secondary N) is 2. The Kier molecular flexibility index (Phi) is 7.53. The molecule has 0 aliphatic carbocycles. The first-order valence-corrected chi connectivity index (χ1v) is 7.45. The van der Waals surface area contributed by atoms with Gasteiger partial charge in [-0.25, -0.2) is 0 Å². The van der Waals surface area contributed by atoms with Crippen molar-refractivity contribution in [2.75, 3.05) is 11.9 Å². The quantitative estimate of drug-likeness (QED) is 0.641. The van der Waals surface area contributed by atoms with Crippen molar-refractivity contribution < 1.29 is 14.6 Å². The molecular weight excluding hydrogens is 288 g/mol. The van der Waals surface area contributed by atoms with Crippen molar-refractivity contribution in [3.8, 4) is 5.75 Å². The fourth-order valence-electron chi connectivity index (χ4n) is 1.77. The lowest BCUT2D eigenvalue weighted by Crippen LogP contribution is -2.30. The maximum Gasteiger partial charge on any atom is 0.305 e. The maximum absolute atomic E-state index is 10.4. The molecule has 1 rings (SSSR count). The molecule has 0 spiro atoms. The molecule has 0 saturated heterocycles. The van der Waals surface area contributed by atoms with Crippen molar-refractivity contribution in [2.45, 2.75) is 39.2 Å². The second kappa shape index (κ2) is 9.18. The van der Waals surface area contributed by atoms with Gasteiger partial charge in [-0.05, 0) is 49.8 Å². The van der Waals surface area contributed by atoms with Crippen LogP contribution in [0.4, 0.5) is 5.69 Å². The molecule has 0 saturated carbocycles. The summed E-state index contributed by atoms with van der Waals surface area (Å²) in [4.78, 5) is 10.4. The second-order valence-corrected chi connectivity index (χ2v) is 5.17. The van der Waals surface area contributed by atoms with Crippen LogP contribution in [-0.4, -0.2) is 28.8 Å². The molecule has 0 aliphatic rings. The Bertz CT molecular complexity index is 462. The smallest absolute Gasteiger partial charge is 0.305 e. The first kappa shape index (κ1) is 17.2. The summed E-state index contributed by atoms with van der Waals surface area (Å²) in [7, 11) is 0. The number of hydrogen-bond donors (Lipinski definition) is 3. The molecule has 1 aromatic rings. The molecule has 0 aliphatic heterocycles. The topological polar surface area (TPSA) is 70.6 Å². The van der Waals surface area contributed by atoms with E-state index < -0.39 is 5.97 Å². The predicted octanol–water partition coefficient (Wildman–Crippen LogP) is 3.02. The zero-order valence-corrected chi connectivity index (χ0v) is 13.2. The molecule has 1 aromatic carbocycles. The van der Waals surface area contributed by atoms with Gasteiger partial charge in [0, 0.05) is 12.2 Å². The molecule has 6 heteroatoms. The van der Waals surface area contributed by atoms with Gasteiger partial charge in [0.05, 0.1) is 12.5 Å². The number of thiocarbonyl (C=S) groups is 1. The van der Waals surface area contributed by atoms with Crippen LogP contribution >= 0.6 is 12.2 Å². The first-order valence-electron chi connectivity index (χ1n) is 7.04. The molecule has 116 valence electrons. The van der Waals surface area contributed by atoms with Crippen molar-refractivity contribution in [1.82, 2.24) is 5.32 Å². The zero-order valence-electron chi connectivity index (χ0n) is 12.4.